The predicted molar refractivity (Wildman–Crippen MR) is 100 cm³/mol. The smallest absolute Gasteiger partial charge is 0.335 e. The Kier molecular flexibility index (Phi) is 5.30. The topological polar surface area (TPSA) is 139 Å². The van der Waals surface area contributed by atoms with E-state index in [0.29, 0.717) is 11.3 Å². The van der Waals surface area contributed by atoms with Gasteiger partial charge in [-0.1, -0.05) is 6.07 Å². The van der Waals surface area contributed by atoms with Gasteiger partial charge < -0.3 is 9.84 Å². The Labute approximate surface area is 157 Å². The fraction of sp³-hybridized carbons (Fsp3) is 0.0556. The first-order valence-corrected chi connectivity index (χ1v) is 7.97. The number of nitrogens with zero attached hydrogens (tertiary/aromatic N) is 3. The number of aromatic nitrogens is 3. The van der Waals surface area contributed by atoms with Crippen LogP contribution < -0.4 is 21.4 Å². The highest BCUT2D eigenvalue weighted by atomic mass is 16.5. The number of nitrogens with one attached hydrogen (secondary N) is 2. The van der Waals surface area contributed by atoms with Gasteiger partial charge in [0.05, 0.1) is 19.0 Å². The quantitative estimate of drug-likeness (QED) is 0.432. The molecule has 0 aliphatic heterocycles. The molecule has 28 heavy (non-hydrogen) atoms. The van der Waals surface area contributed by atoms with Crippen molar-refractivity contribution in [3.63, 3.8) is 0 Å². The largest absolute Gasteiger partial charge is 0.497 e. The van der Waals surface area contributed by atoms with Crippen LogP contribution in [-0.2, 0) is 0 Å². The van der Waals surface area contributed by atoms with Gasteiger partial charge in [-0.3, -0.25) is 19.6 Å². The summed E-state index contributed by atoms with van der Waals surface area (Å²) in [4.78, 5) is 42.1. The van der Waals surface area contributed by atoms with Crippen LogP contribution in [0.5, 0.6) is 11.6 Å². The van der Waals surface area contributed by atoms with Gasteiger partial charge in [0, 0.05) is 24.0 Å². The molecule has 0 spiro atoms. The van der Waals surface area contributed by atoms with E-state index in [2.05, 4.69) is 20.5 Å². The lowest BCUT2D eigenvalue weighted by Crippen LogP contribution is -2.31. The summed E-state index contributed by atoms with van der Waals surface area (Å²) in [6, 6.07) is 9.30. The summed E-state index contributed by atoms with van der Waals surface area (Å²) in [6.07, 6.45) is 3.84. The fourth-order valence-corrected chi connectivity index (χ4v) is 2.37. The van der Waals surface area contributed by atoms with E-state index >= 15 is 0 Å². The van der Waals surface area contributed by atoms with Gasteiger partial charge in [-0.15, -0.1) is 0 Å². The molecule has 3 aromatic rings. The first-order valence-electron chi connectivity index (χ1n) is 7.97. The van der Waals surface area contributed by atoms with Gasteiger partial charge in [0.1, 0.15) is 11.3 Å². The summed E-state index contributed by atoms with van der Waals surface area (Å²) in [5.74, 6) is -0.713. The first kappa shape index (κ1) is 18.6. The number of hydrazone groups is 1. The van der Waals surface area contributed by atoms with Crippen molar-refractivity contribution in [2.24, 2.45) is 5.10 Å². The van der Waals surface area contributed by atoms with E-state index < -0.39 is 23.0 Å². The molecule has 3 N–H and O–H groups in total. The Morgan fingerprint density at radius 3 is 2.75 bits per heavy atom. The zero-order valence-electron chi connectivity index (χ0n) is 14.6. The summed E-state index contributed by atoms with van der Waals surface area (Å²) in [5, 5.41) is 14.1. The number of amides is 1. The molecule has 1 aromatic carbocycles. The minimum atomic E-state index is -0.858. The molecule has 0 aliphatic rings. The molecule has 0 atom stereocenters. The third-order valence-electron chi connectivity index (χ3n) is 3.73. The minimum absolute atomic E-state index is 0.272. The summed E-state index contributed by atoms with van der Waals surface area (Å²) >= 11 is 0. The number of carbonyl (C=O) groups is 1. The van der Waals surface area contributed by atoms with E-state index in [-0.39, 0.29) is 11.3 Å². The summed E-state index contributed by atoms with van der Waals surface area (Å²) in [7, 11) is 1.46. The minimum Gasteiger partial charge on any atom is -0.497 e. The molecule has 0 bridgehead atoms. The molecule has 1 amide bonds. The molecule has 0 aliphatic carbocycles. The molecule has 0 unspecified atom stereocenters. The second-order valence-electron chi connectivity index (χ2n) is 5.47. The standard InChI is InChI=1S/C18H15N5O5/c1-28-13-4-2-3-12(9-13)23-17(26)14(16(25)21-18(23)27)10-20-22-15(24)11-5-7-19-8-6-11/h2-10,26H,1H3,(H,22,24)(H,21,25,27)/b20-10-. The molecule has 0 saturated carbocycles. The van der Waals surface area contributed by atoms with Crippen molar-refractivity contribution >= 4 is 12.1 Å². The van der Waals surface area contributed by atoms with Crippen molar-refractivity contribution in [3.8, 4) is 17.3 Å². The molecule has 0 fully saturated rings. The normalized spacial score (nSPS) is 10.8. The molecular formula is C18H15N5O5. The van der Waals surface area contributed by atoms with Crippen LogP contribution in [0.15, 0.2) is 63.5 Å². The van der Waals surface area contributed by atoms with Crippen LogP contribution in [0.25, 0.3) is 5.69 Å². The second-order valence-corrected chi connectivity index (χ2v) is 5.47. The third-order valence-corrected chi connectivity index (χ3v) is 3.73. The summed E-state index contributed by atoms with van der Waals surface area (Å²) in [5.41, 5.74) is 0.804. The van der Waals surface area contributed by atoms with Gasteiger partial charge in [-0.2, -0.15) is 5.10 Å². The molecule has 3 rings (SSSR count). The van der Waals surface area contributed by atoms with E-state index in [1.165, 1.54) is 37.7 Å². The number of hydrogen-bond acceptors (Lipinski definition) is 7. The number of methoxy groups -OCH3 is 1. The molecule has 2 aromatic heterocycles. The number of H-pyrrole nitrogens is 1. The van der Waals surface area contributed by atoms with Crippen LogP contribution in [0.2, 0.25) is 0 Å². The van der Waals surface area contributed by atoms with Crippen LogP contribution >= 0.6 is 0 Å². The van der Waals surface area contributed by atoms with Crippen molar-refractivity contribution in [2.75, 3.05) is 7.11 Å². The van der Waals surface area contributed by atoms with E-state index in [1.54, 1.807) is 18.2 Å². The number of aromatic hydroxyl groups is 1. The average Bonchev–Trinajstić information content (AvgIpc) is 2.71. The van der Waals surface area contributed by atoms with Gasteiger partial charge >= 0.3 is 5.69 Å². The summed E-state index contributed by atoms with van der Waals surface area (Å²) < 4.78 is 5.98. The number of hydrogen-bond donors (Lipinski definition) is 3. The molecule has 0 radical (unpaired) electrons. The van der Waals surface area contributed by atoms with Crippen molar-refractivity contribution < 1.29 is 14.6 Å². The Balaban J connectivity index is 1.95. The molecule has 2 heterocycles. The van der Waals surface area contributed by atoms with Crippen molar-refractivity contribution in [2.45, 2.75) is 0 Å². The number of benzene rings is 1. The maximum atomic E-state index is 12.2. The van der Waals surface area contributed by atoms with Gasteiger partial charge in [-0.25, -0.2) is 14.8 Å². The highest BCUT2D eigenvalue weighted by Gasteiger charge is 2.15. The van der Waals surface area contributed by atoms with Gasteiger partial charge in [0.15, 0.2) is 0 Å². The SMILES string of the molecule is COc1cccc(-n2c(O)c(/C=N\NC(=O)c3ccncc3)c(=O)[nH]c2=O)c1. The number of pyridine rings is 1. The second kappa shape index (κ2) is 7.99. The number of rotatable bonds is 5. The number of ether oxygens (including phenoxy) is 1. The zero-order valence-corrected chi connectivity index (χ0v) is 14.6. The maximum Gasteiger partial charge on any atom is 0.335 e. The first-order chi connectivity index (χ1) is 13.5. The van der Waals surface area contributed by atoms with E-state index in [4.69, 9.17) is 4.74 Å². The van der Waals surface area contributed by atoms with Crippen molar-refractivity contribution in [1.82, 2.24) is 20.0 Å². The van der Waals surface area contributed by atoms with Crippen LogP contribution in [0.3, 0.4) is 0 Å². The average molecular weight is 381 g/mol. The van der Waals surface area contributed by atoms with Gasteiger partial charge in [-0.05, 0) is 24.3 Å². The molecule has 142 valence electrons. The Bertz CT molecular complexity index is 1150. The number of carbonyl (C=O) groups excluding carboxylic acids is 1. The summed E-state index contributed by atoms with van der Waals surface area (Å²) in [6.45, 7) is 0. The van der Waals surface area contributed by atoms with Crippen molar-refractivity contribution in [1.29, 1.82) is 0 Å². The Morgan fingerprint density at radius 2 is 2.04 bits per heavy atom. The Morgan fingerprint density at radius 1 is 1.29 bits per heavy atom. The van der Waals surface area contributed by atoms with Crippen LogP contribution in [0.4, 0.5) is 0 Å². The molecular weight excluding hydrogens is 366 g/mol. The van der Waals surface area contributed by atoms with Gasteiger partial charge in [0.25, 0.3) is 11.5 Å². The lowest BCUT2D eigenvalue weighted by molar-refractivity contribution is 0.0955. The number of aromatic amines is 1. The molecule has 10 nitrogen and oxygen atoms in total. The maximum absolute atomic E-state index is 12.2. The third kappa shape index (κ3) is 3.80. The predicted octanol–water partition coefficient (Wildman–Crippen LogP) is 0.399. The van der Waals surface area contributed by atoms with Crippen LogP contribution in [0.1, 0.15) is 15.9 Å². The molecule has 0 saturated heterocycles. The lowest BCUT2D eigenvalue weighted by Gasteiger charge is -2.10. The van der Waals surface area contributed by atoms with E-state index in [9.17, 15) is 19.5 Å². The fourth-order valence-electron chi connectivity index (χ4n) is 2.37. The highest BCUT2D eigenvalue weighted by Crippen LogP contribution is 2.19. The monoisotopic (exact) mass is 381 g/mol. The lowest BCUT2D eigenvalue weighted by atomic mass is 10.2. The Hall–Kier alpha value is -4.21. The highest BCUT2D eigenvalue weighted by molar-refractivity contribution is 5.94. The van der Waals surface area contributed by atoms with Crippen molar-refractivity contribution in [3.05, 3.63) is 80.8 Å². The van der Waals surface area contributed by atoms with Gasteiger partial charge in [0.2, 0.25) is 5.88 Å². The van der Waals surface area contributed by atoms with E-state index in [1.807, 2.05) is 0 Å². The van der Waals surface area contributed by atoms with Crippen LogP contribution in [0, 0.1) is 0 Å². The zero-order chi connectivity index (χ0) is 20.1. The van der Waals surface area contributed by atoms with Crippen LogP contribution in [-0.4, -0.2) is 38.9 Å². The molecule has 10 heteroatoms. The van der Waals surface area contributed by atoms with E-state index in [0.717, 1.165) is 10.8 Å².